The number of fused-ring (bicyclic) bond motifs is 6. The quantitative estimate of drug-likeness (QED) is 0.199. The first kappa shape index (κ1) is 18.7. The maximum atomic E-state index is 9.54. The molecule has 0 amide bonds. The second-order valence-electron chi connectivity index (χ2n) is 10.8. The number of hydrogen-bond donors (Lipinski definition) is 0. The highest BCUT2D eigenvalue weighted by Gasteiger charge is 2.18. The van der Waals surface area contributed by atoms with Crippen LogP contribution in [-0.4, -0.2) is 0 Å². The van der Waals surface area contributed by atoms with E-state index < -0.39 is 0 Å². The van der Waals surface area contributed by atoms with Crippen LogP contribution in [0.2, 0.25) is 0 Å². The van der Waals surface area contributed by atoms with Crippen LogP contribution in [0.3, 0.4) is 0 Å². The van der Waals surface area contributed by atoms with Gasteiger partial charge in [-0.25, -0.2) is 0 Å². The van der Waals surface area contributed by atoms with Gasteiger partial charge in [0.05, 0.1) is 8.22 Å². The Kier molecular flexibility index (Phi) is 4.11. The summed E-state index contributed by atoms with van der Waals surface area (Å²) in [5, 5.41) is 5.58. The Morgan fingerprint density at radius 3 is 1.56 bits per heavy atom. The molecule has 0 radical (unpaired) electrons. The van der Waals surface area contributed by atoms with Crippen molar-refractivity contribution in [1.82, 2.24) is 0 Å². The lowest BCUT2D eigenvalue weighted by molar-refractivity contribution is 0.669. The first-order valence-electron chi connectivity index (χ1n) is 17.3. The molecule has 1 nitrogen and oxygen atoms in total. The molecule has 0 aliphatic carbocycles. The fraction of sp³-hybridized carbons (Fsp3) is 0. The standard InChI is InChI=1S/C42H26O/c1-2-10-27(11-3-1)28-18-19-30-25-31(21-20-29(30)24-28)41-34-13-4-6-15-36(34)42(37-16-7-5-14-35(37)41)32-22-23-40-38(26-32)33-12-8-9-17-39(33)43-40/h1-26H/i18D,19D,20D,21D,24D,25D. The molecule has 0 unspecified atom stereocenters. The molecule has 1 heteroatoms. The van der Waals surface area contributed by atoms with E-state index in [1.165, 1.54) is 0 Å². The summed E-state index contributed by atoms with van der Waals surface area (Å²) < 4.78 is 61.4. The van der Waals surface area contributed by atoms with Crippen molar-refractivity contribution in [2.75, 3.05) is 0 Å². The van der Waals surface area contributed by atoms with Crippen molar-refractivity contribution in [3.8, 4) is 33.4 Å². The van der Waals surface area contributed by atoms with Gasteiger partial charge in [-0.3, -0.25) is 0 Å². The van der Waals surface area contributed by atoms with Crippen molar-refractivity contribution in [3.63, 3.8) is 0 Å². The second-order valence-corrected chi connectivity index (χ2v) is 10.8. The number of para-hydroxylation sites is 1. The van der Waals surface area contributed by atoms with E-state index in [-0.39, 0.29) is 58.2 Å². The van der Waals surface area contributed by atoms with E-state index in [4.69, 9.17) is 8.53 Å². The Bertz CT molecular complexity index is 2780. The predicted octanol–water partition coefficient (Wildman–Crippen LogP) is 12.0. The van der Waals surface area contributed by atoms with Gasteiger partial charge in [0.1, 0.15) is 11.2 Å². The lowest BCUT2D eigenvalue weighted by Gasteiger charge is -2.18. The highest BCUT2D eigenvalue weighted by molar-refractivity contribution is 6.22. The van der Waals surface area contributed by atoms with Crippen LogP contribution in [0.25, 0.3) is 87.6 Å². The van der Waals surface area contributed by atoms with Crippen LogP contribution in [0, 0.1) is 0 Å². The van der Waals surface area contributed by atoms with Crippen LogP contribution in [0.1, 0.15) is 8.22 Å². The smallest absolute Gasteiger partial charge is 0.135 e. The number of rotatable bonds is 3. The molecule has 0 saturated carbocycles. The van der Waals surface area contributed by atoms with Gasteiger partial charge in [-0.1, -0.05) is 127 Å². The molecule has 0 spiro atoms. The Balaban J connectivity index is 1.39. The van der Waals surface area contributed by atoms with Crippen LogP contribution in [-0.2, 0) is 0 Å². The maximum absolute atomic E-state index is 9.54. The minimum absolute atomic E-state index is 0.0419. The third-order valence-corrected chi connectivity index (χ3v) is 8.28. The van der Waals surface area contributed by atoms with Crippen molar-refractivity contribution >= 4 is 54.3 Å². The summed E-state index contributed by atoms with van der Waals surface area (Å²) in [5.41, 5.74) is 5.27. The van der Waals surface area contributed by atoms with Gasteiger partial charge in [-0.15, -0.1) is 0 Å². The number of furan rings is 1. The molecule has 0 bridgehead atoms. The Morgan fingerprint density at radius 1 is 0.372 bits per heavy atom. The molecule has 43 heavy (non-hydrogen) atoms. The normalized spacial score (nSPS) is 13.7. The molecule has 1 aromatic heterocycles. The van der Waals surface area contributed by atoms with Crippen LogP contribution >= 0.6 is 0 Å². The molecule has 0 fully saturated rings. The SMILES string of the molecule is [2H]c1c(-c2c3ccccc3c(-c3ccc4oc5ccccc5c4c3)c3ccccc23)c([2H])c2c([2H])c([2H])c(-c3ccccc3)c([2H])c2c1[2H]. The maximum Gasteiger partial charge on any atom is 0.135 e. The van der Waals surface area contributed by atoms with Gasteiger partial charge < -0.3 is 4.42 Å². The lowest BCUT2D eigenvalue weighted by atomic mass is 9.85. The molecule has 0 N–H and O–H groups in total. The van der Waals surface area contributed by atoms with E-state index >= 15 is 0 Å². The van der Waals surface area contributed by atoms with Gasteiger partial charge in [0.15, 0.2) is 0 Å². The van der Waals surface area contributed by atoms with Gasteiger partial charge >= 0.3 is 0 Å². The average Bonchev–Trinajstić information content (AvgIpc) is 3.50. The van der Waals surface area contributed by atoms with E-state index in [2.05, 4.69) is 18.2 Å². The first-order chi connectivity index (χ1) is 23.8. The molecule has 1 heterocycles. The largest absolute Gasteiger partial charge is 0.456 e. The molecular formula is C42H26O. The zero-order chi connectivity index (χ0) is 33.6. The van der Waals surface area contributed by atoms with Gasteiger partial charge in [-0.2, -0.15) is 0 Å². The lowest BCUT2D eigenvalue weighted by Crippen LogP contribution is -1.91. The summed E-state index contributed by atoms with van der Waals surface area (Å²) >= 11 is 0. The Labute approximate surface area is 257 Å². The van der Waals surface area contributed by atoms with E-state index in [1.54, 1.807) is 24.3 Å². The topological polar surface area (TPSA) is 13.1 Å². The van der Waals surface area contributed by atoms with Gasteiger partial charge in [0, 0.05) is 10.8 Å². The molecule has 8 aromatic carbocycles. The number of hydrogen-bond acceptors (Lipinski definition) is 1. The molecule has 0 aliphatic heterocycles. The Morgan fingerprint density at radius 2 is 0.884 bits per heavy atom. The summed E-state index contributed by atoms with van der Waals surface area (Å²) in [7, 11) is 0. The van der Waals surface area contributed by atoms with Gasteiger partial charge in [-0.05, 0) is 96.0 Å². The van der Waals surface area contributed by atoms with Crippen LogP contribution in [0.5, 0.6) is 0 Å². The third-order valence-electron chi connectivity index (χ3n) is 8.28. The molecular weight excluding hydrogens is 520 g/mol. The van der Waals surface area contributed by atoms with Crippen LogP contribution in [0.4, 0.5) is 0 Å². The zero-order valence-corrected chi connectivity index (χ0v) is 23.0. The minimum atomic E-state index is -0.230. The summed E-state index contributed by atoms with van der Waals surface area (Å²) in [5.74, 6) is 0. The average molecular weight is 553 g/mol. The van der Waals surface area contributed by atoms with Crippen molar-refractivity contribution in [2.45, 2.75) is 0 Å². The highest BCUT2D eigenvalue weighted by atomic mass is 16.3. The monoisotopic (exact) mass is 552 g/mol. The molecule has 0 aliphatic rings. The molecule has 200 valence electrons. The van der Waals surface area contributed by atoms with E-state index in [9.17, 15) is 4.11 Å². The highest BCUT2D eigenvalue weighted by Crippen LogP contribution is 2.45. The van der Waals surface area contributed by atoms with Crippen LogP contribution in [0.15, 0.2) is 162 Å². The zero-order valence-electron chi connectivity index (χ0n) is 29.0. The number of benzene rings is 8. The third kappa shape index (κ3) is 3.79. The summed E-state index contributed by atoms with van der Waals surface area (Å²) in [6, 6.07) is 38.0. The van der Waals surface area contributed by atoms with Crippen molar-refractivity contribution in [2.24, 2.45) is 0 Å². The molecule has 0 atom stereocenters. The van der Waals surface area contributed by atoms with Crippen molar-refractivity contribution in [1.29, 1.82) is 0 Å². The first-order valence-corrected chi connectivity index (χ1v) is 14.3. The van der Waals surface area contributed by atoms with E-state index in [0.717, 1.165) is 54.6 Å². The van der Waals surface area contributed by atoms with E-state index in [1.807, 2.05) is 78.9 Å². The minimum Gasteiger partial charge on any atom is -0.456 e. The van der Waals surface area contributed by atoms with Crippen molar-refractivity contribution < 1.29 is 12.6 Å². The fourth-order valence-corrected chi connectivity index (χ4v) is 6.34. The Hall–Kier alpha value is -5.66. The fourth-order valence-electron chi connectivity index (χ4n) is 6.34. The summed E-state index contributed by atoms with van der Waals surface area (Å²) in [6.45, 7) is 0. The second kappa shape index (κ2) is 9.44. The van der Waals surface area contributed by atoms with Crippen LogP contribution < -0.4 is 0 Å². The predicted molar refractivity (Wildman–Crippen MR) is 183 cm³/mol. The molecule has 9 aromatic rings. The van der Waals surface area contributed by atoms with Crippen molar-refractivity contribution in [3.05, 3.63) is 158 Å². The van der Waals surface area contributed by atoms with Gasteiger partial charge in [0.2, 0.25) is 0 Å². The molecule has 0 saturated heterocycles. The van der Waals surface area contributed by atoms with E-state index in [0.29, 0.717) is 11.1 Å². The summed E-state index contributed by atoms with van der Waals surface area (Å²) in [4.78, 5) is 0. The summed E-state index contributed by atoms with van der Waals surface area (Å²) in [6.07, 6.45) is 0. The molecule has 9 rings (SSSR count). The van der Waals surface area contributed by atoms with Gasteiger partial charge in [0.25, 0.3) is 0 Å².